The summed E-state index contributed by atoms with van der Waals surface area (Å²) in [5, 5.41) is 3.41. The normalized spacial score (nSPS) is 21.9. The maximum absolute atomic E-state index is 5.42. The van der Waals surface area contributed by atoms with E-state index >= 15 is 0 Å². The van der Waals surface area contributed by atoms with Gasteiger partial charge in [0.2, 0.25) is 0 Å². The summed E-state index contributed by atoms with van der Waals surface area (Å²) in [5.74, 6) is 0. The first-order valence-electron chi connectivity index (χ1n) is 4.69. The molecule has 4 heteroatoms. The van der Waals surface area contributed by atoms with E-state index in [2.05, 4.69) is 43.4 Å². The zero-order valence-corrected chi connectivity index (χ0v) is 9.98. The highest BCUT2D eigenvalue weighted by Gasteiger charge is 2.18. The summed E-state index contributed by atoms with van der Waals surface area (Å²) in [6.07, 6.45) is 0.284. The van der Waals surface area contributed by atoms with Crippen LogP contribution >= 0.6 is 22.9 Å². The highest BCUT2D eigenvalue weighted by atomic mass is 127. The van der Waals surface area contributed by atoms with Crippen molar-refractivity contribution in [3.8, 4) is 0 Å². The smallest absolute Gasteiger partial charge is 0.113 e. The van der Waals surface area contributed by atoms with Crippen LogP contribution in [0, 0.1) is 0 Å². The van der Waals surface area contributed by atoms with Gasteiger partial charge in [-0.3, -0.25) is 8.43 Å². The summed E-state index contributed by atoms with van der Waals surface area (Å²) in [4.78, 5) is 0. The summed E-state index contributed by atoms with van der Waals surface area (Å²) in [6.45, 7) is 2.49. The van der Waals surface area contributed by atoms with Crippen molar-refractivity contribution in [3.05, 3.63) is 30.3 Å². The van der Waals surface area contributed by atoms with Crippen molar-refractivity contribution in [2.45, 2.75) is 6.17 Å². The predicted molar refractivity (Wildman–Crippen MR) is 65.6 cm³/mol. The molecule has 0 aliphatic carbocycles. The van der Waals surface area contributed by atoms with Crippen molar-refractivity contribution in [1.82, 2.24) is 5.32 Å². The highest BCUT2D eigenvalue weighted by Crippen LogP contribution is 2.20. The van der Waals surface area contributed by atoms with Gasteiger partial charge in [-0.2, -0.15) is 0 Å². The Morgan fingerprint density at radius 1 is 1.36 bits per heavy atom. The van der Waals surface area contributed by atoms with Gasteiger partial charge in [0.25, 0.3) is 0 Å². The fourth-order valence-corrected chi connectivity index (χ4v) is 2.13. The molecule has 1 aliphatic rings. The molecule has 1 aliphatic heterocycles. The molecule has 1 N–H and O–H groups in total. The number of para-hydroxylation sites is 1. The third kappa shape index (κ3) is 2.37. The van der Waals surface area contributed by atoms with Crippen LogP contribution in [0.3, 0.4) is 0 Å². The molecule has 0 spiro atoms. The fourth-order valence-electron chi connectivity index (χ4n) is 1.45. The summed E-state index contributed by atoms with van der Waals surface area (Å²) in [5.41, 5.74) is 1.20. The molecule has 1 fully saturated rings. The minimum absolute atomic E-state index is 0.284. The second kappa shape index (κ2) is 4.95. The molecule has 14 heavy (non-hydrogen) atoms. The van der Waals surface area contributed by atoms with Crippen LogP contribution in [0.2, 0.25) is 0 Å². The van der Waals surface area contributed by atoms with Crippen LogP contribution in [0.25, 0.3) is 0 Å². The third-order valence-corrected chi connectivity index (χ3v) is 3.41. The molecule has 2 rings (SSSR count). The Hall–Kier alpha value is -0.330. The van der Waals surface area contributed by atoms with E-state index in [9.17, 15) is 0 Å². The van der Waals surface area contributed by atoms with Gasteiger partial charge in [0, 0.05) is 12.2 Å². The Balaban J connectivity index is 2.03. The topological polar surface area (TPSA) is 24.5 Å². The summed E-state index contributed by atoms with van der Waals surface area (Å²) in [7, 11) is 0. The molecule has 1 heterocycles. The lowest BCUT2D eigenvalue weighted by Gasteiger charge is -2.31. The SMILES string of the molecule is IN(c1ccccc1)C1COCCN1. The zero-order valence-electron chi connectivity index (χ0n) is 7.82. The second-order valence-corrected chi connectivity index (χ2v) is 4.23. The zero-order chi connectivity index (χ0) is 9.80. The number of hydrogen-bond acceptors (Lipinski definition) is 3. The van der Waals surface area contributed by atoms with Crippen molar-refractivity contribution in [2.75, 3.05) is 22.9 Å². The maximum Gasteiger partial charge on any atom is 0.113 e. The van der Waals surface area contributed by atoms with Gasteiger partial charge in [-0.15, -0.1) is 0 Å². The quantitative estimate of drug-likeness (QED) is 0.666. The van der Waals surface area contributed by atoms with E-state index in [1.807, 2.05) is 18.2 Å². The Morgan fingerprint density at radius 2 is 2.14 bits per heavy atom. The van der Waals surface area contributed by atoms with Gasteiger partial charge in [0.1, 0.15) is 6.17 Å². The monoisotopic (exact) mass is 304 g/mol. The van der Waals surface area contributed by atoms with Crippen LogP contribution in [0.4, 0.5) is 5.69 Å². The van der Waals surface area contributed by atoms with E-state index in [-0.39, 0.29) is 6.17 Å². The van der Waals surface area contributed by atoms with Crippen LogP contribution in [-0.4, -0.2) is 25.9 Å². The molecule has 0 saturated carbocycles. The molecular weight excluding hydrogens is 291 g/mol. The number of nitrogens with one attached hydrogen (secondary N) is 1. The molecule has 3 nitrogen and oxygen atoms in total. The summed E-state index contributed by atoms with van der Waals surface area (Å²) < 4.78 is 7.59. The van der Waals surface area contributed by atoms with E-state index in [1.165, 1.54) is 5.69 Å². The average Bonchev–Trinajstić information content (AvgIpc) is 2.30. The van der Waals surface area contributed by atoms with Crippen molar-refractivity contribution >= 4 is 28.6 Å². The molecule has 1 aromatic rings. The molecule has 0 radical (unpaired) electrons. The third-order valence-electron chi connectivity index (χ3n) is 2.18. The molecule has 0 amide bonds. The average molecular weight is 304 g/mol. The van der Waals surface area contributed by atoms with E-state index < -0.39 is 0 Å². The lowest BCUT2D eigenvalue weighted by molar-refractivity contribution is 0.0819. The van der Waals surface area contributed by atoms with Gasteiger partial charge >= 0.3 is 0 Å². The first-order valence-corrected chi connectivity index (χ1v) is 5.65. The van der Waals surface area contributed by atoms with E-state index in [0.29, 0.717) is 0 Å². The Morgan fingerprint density at radius 3 is 2.79 bits per heavy atom. The lowest BCUT2D eigenvalue weighted by atomic mass is 10.3. The van der Waals surface area contributed by atoms with E-state index in [0.717, 1.165) is 19.8 Å². The number of benzene rings is 1. The lowest BCUT2D eigenvalue weighted by Crippen LogP contribution is -2.49. The standard InChI is InChI=1S/C10H13IN2O/c11-13(9-4-2-1-3-5-9)10-8-14-7-6-12-10/h1-5,10,12H,6-8H2. The number of anilines is 1. The summed E-state index contributed by atoms with van der Waals surface area (Å²) >= 11 is 2.32. The van der Waals surface area contributed by atoms with Crippen LogP contribution in [0.5, 0.6) is 0 Å². The first kappa shape index (κ1) is 10.2. The van der Waals surface area contributed by atoms with Crippen molar-refractivity contribution in [2.24, 2.45) is 0 Å². The Kier molecular flexibility index (Phi) is 3.61. The predicted octanol–water partition coefficient (Wildman–Crippen LogP) is 1.79. The van der Waals surface area contributed by atoms with Gasteiger partial charge in [-0.25, -0.2) is 0 Å². The van der Waals surface area contributed by atoms with Gasteiger partial charge < -0.3 is 4.74 Å². The largest absolute Gasteiger partial charge is 0.377 e. The van der Waals surface area contributed by atoms with E-state index in [4.69, 9.17) is 4.74 Å². The van der Waals surface area contributed by atoms with Gasteiger partial charge in [-0.1, -0.05) is 18.2 Å². The minimum atomic E-state index is 0.284. The van der Waals surface area contributed by atoms with Crippen LogP contribution < -0.4 is 8.43 Å². The molecule has 1 aromatic carbocycles. The van der Waals surface area contributed by atoms with Gasteiger partial charge in [0.05, 0.1) is 36.1 Å². The van der Waals surface area contributed by atoms with Crippen molar-refractivity contribution in [1.29, 1.82) is 0 Å². The van der Waals surface area contributed by atoms with E-state index in [1.54, 1.807) is 0 Å². The first-order chi connectivity index (χ1) is 6.88. The molecule has 1 saturated heterocycles. The van der Waals surface area contributed by atoms with Gasteiger partial charge in [-0.05, 0) is 12.1 Å². The van der Waals surface area contributed by atoms with Crippen LogP contribution in [0.1, 0.15) is 0 Å². The minimum Gasteiger partial charge on any atom is -0.377 e. The number of rotatable bonds is 2. The van der Waals surface area contributed by atoms with Crippen LogP contribution in [0.15, 0.2) is 30.3 Å². The highest BCUT2D eigenvalue weighted by molar-refractivity contribution is 14.1. The molecular formula is C10H13IN2O. The molecule has 0 bridgehead atoms. The number of hydrogen-bond donors (Lipinski definition) is 1. The number of nitrogens with zero attached hydrogens (tertiary/aromatic N) is 1. The number of halogens is 1. The molecule has 0 aromatic heterocycles. The molecule has 76 valence electrons. The van der Waals surface area contributed by atoms with Crippen LogP contribution in [-0.2, 0) is 4.74 Å². The van der Waals surface area contributed by atoms with Crippen molar-refractivity contribution < 1.29 is 4.74 Å². The molecule has 1 atom stereocenters. The number of ether oxygens (including phenoxy) is 1. The Bertz CT molecular complexity index is 275. The molecule has 1 unspecified atom stereocenters. The summed E-state index contributed by atoms with van der Waals surface area (Å²) in [6, 6.07) is 10.3. The Labute approximate surface area is 97.9 Å². The number of morpholine rings is 1. The fraction of sp³-hybridized carbons (Fsp3) is 0.400. The van der Waals surface area contributed by atoms with Gasteiger partial charge in [0.15, 0.2) is 0 Å². The van der Waals surface area contributed by atoms with Crippen molar-refractivity contribution in [3.63, 3.8) is 0 Å². The second-order valence-electron chi connectivity index (χ2n) is 3.19. The maximum atomic E-state index is 5.42.